The number of halogens is 1. The van der Waals surface area contributed by atoms with Gasteiger partial charge in [0, 0.05) is 0 Å². The molecule has 0 aliphatic rings. The Morgan fingerprint density at radius 2 is 2.71 bits per heavy atom. The molecule has 0 radical (unpaired) electrons. The summed E-state index contributed by atoms with van der Waals surface area (Å²) in [4.78, 5) is 3.73. The molecule has 5 heteroatoms. The summed E-state index contributed by atoms with van der Waals surface area (Å²) in [5.41, 5.74) is 0. The predicted octanol–water partition coefficient (Wildman–Crippen LogP) is 1.14. The highest BCUT2D eigenvalue weighted by molar-refractivity contribution is 14.1. The van der Waals surface area contributed by atoms with E-state index in [0.717, 1.165) is 0 Å². The van der Waals surface area contributed by atoms with E-state index in [0.29, 0.717) is 4.77 Å². The average molecular weight is 227 g/mol. The van der Waals surface area contributed by atoms with Gasteiger partial charge in [0.15, 0.2) is 0 Å². The van der Waals surface area contributed by atoms with Gasteiger partial charge in [-0.2, -0.15) is 0 Å². The first kappa shape index (κ1) is 5.23. The Morgan fingerprint density at radius 1 is 2.00 bits per heavy atom. The van der Waals surface area contributed by atoms with E-state index in [2.05, 4.69) is 22.3 Å². The standard InChI is InChI=1S/C2H2IN3S/c3-6-1-4-2(7)5-6/h1H,(H,5,7). The first-order chi connectivity index (χ1) is 3.29. The summed E-state index contributed by atoms with van der Waals surface area (Å²) in [6.45, 7) is 0. The van der Waals surface area contributed by atoms with E-state index in [4.69, 9.17) is 0 Å². The summed E-state index contributed by atoms with van der Waals surface area (Å²) < 4.78 is 2.19. The molecule has 0 unspecified atom stereocenters. The van der Waals surface area contributed by atoms with Gasteiger partial charge in [-0.1, -0.05) is 0 Å². The van der Waals surface area contributed by atoms with Crippen molar-refractivity contribution in [3.63, 3.8) is 0 Å². The fourth-order valence-electron chi connectivity index (χ4n) is 0.252. The lowest BCUT2D eigenvalue weighted by molar-refractivity contribution is 1.05. The van der Waals surface area contributed by atoms with Crippen LogP contribution in [0.1, 0.15) is 0 Å². The van der Waals surface area contributed by atoms with Gasteiger partial charge >= 0.3 is 0 Å². The first-order valence-electron chi connectivity index (χ1n) is 1.59. The van der Waals surface area contributed by atoms with Crippen LogP contribution in [0.25, 0.3) is 0 Å². The van der Waals surface area contributed by atoms with Crippen molar-refractivity contribution in [2.75, 3.05) is 0 Å². The monoisotopic (exact) mass is 227 g/mol. The molecule has 0 aliphatic heterocycles. The van der Waals surface area contributed by atoms with Gasteiger partial charge in [-0.25, -0.2) is 7.88 Å². The first-order valence-corrected chi connectivity index (χ1v) is 2.96. The van der Waals surface area contributed by atoms with Crippen molar-refractivity contribution in [1.29, 1.82) is 0 Å². The van der Waals surface area contributed by atoms with Crippen LogP contribution in [0.15, 0.2) is 6.33 Å². The molecule has 0 fully saturated rings. The lowest BCUT2D eigenvalue weighted by Gasteiger charge is -1.74. The molecule has 1 N–H and O–H groups in total. The Morgan fingerprint density at radius 3 is 2.86 bits per heavy atom. The average Bonchev–Trinajstić information content (AvgIpc) is 1.87. The molecule has 0 saturated heterocycles. The second kappa shape index (κ2) is 1.91. The number of H-pyrrole nitrogens is 1. The van der Waals surface area contributed by atoms with Crippen LogP contribution in [-0.4, -0.2) is 13.0 Å². The molecule has 1 aromatic heterocycles. The van der Waals surface area contributed by atoms with Gasteiger partial charge in [-0.05, 0) is 12.2 Å². The molecule has 1 aromatic rings. The summed E-state index contributed by atoms with van der Waals surface area (Å²) in [5.74, 6) is 0. The number of hydrogen-bond donors (Lipinski definition) is 1. The largest absolute Gasteiger partial charge is 0.262 e. The van der Waals surface area contributed by atoms with Crippen LogP contribution in [0.3, 0.4) is 0 Å². The predicted molar refractivity (Wildman–Crippen MR) is 36.8 cm³/mol. The van der Waals surface area contributed by atoms with Gasteiger partial charge in [0.1, 0.15) is 6.33 Å². The van der Waals surface area contributed by atoms with E-state index < -0.39 is 0 Å². The highest BCUT2D eigenvalue weighted by Crippen LogP contribution is 1.85. The number of nitrogens with one attached hydrogen (secondary N) is 1. The number of aromatic nitrogens is 3. The highest BCUT2D eigenvalue weighted by atomic mass is 127. The normalized spacial score (nSPS) is 9.29. The lowest BCUT2D eigenvalue weighted by Crippen LogP contribution is -1.73. The van der Waals surface area contributed by atoms with E-state index in [1.807, 2.05) is 22.9 Å². The Labute approximate surface area is 59.2 Å². The van der Waals surface area contributed by atoms with Crippen LogP contribution in [0.2, 0.25) is 0 Å². The number of hydrogen-bond acceptors (Lipinski definition) is 2. The summed E-state index contributed by atoms with van der Waals surface area (Å²) in [6, 6.07) is 0. The third-order valence-corrected chi connectivity index (χ3v) is 1.17. The minimum atomic E-state index is 0.523. The number of aromatic amines is 1. The Kier molecular flexibility index (Phi) is 1.43. The molecule has 0 saturated carbocycles. The molecule has 1 rings (SSSR count). The SMILES string of the molecule is S=c1ncn(I)[nH]1. The van der Waals surface area contributed by atoms with Crippen LogP contribution < -0.4 is 0 Å². The quantitative estimate of drug-likeness (QED) is 0.532. The number of nitrogens with zero attached hydrogens (tertiary/aromatic N) is 2. The van der Waals surface area contributed by atoms with E-state index in [1.54, 1.807) is 9.22 Å². The van der Waals surface area contributed by atoms with Gasteiger partial charge in [0.25, 0.3) is 0 Å². The van der Waals surface area contributed by atoms with Crippen LogP contribution in [-0.2, 0) is 0 Å². The number of rotatable bonds is 0. The molecule has 0 aromatic carbocycles. The van der Waals surface area contributed by atoms with E-state index in [9.17, 15) is 0 Å². The second-order valence-corrected chi connectivity index (χ2v) is 2.40. The molecule has 0 amide bonds. The van der Waals surface area contributed by atoms with E-state index >= 15 is 0 Å². The van der Waals surface area contributed by atoms with Crippen molar-refractivity contribution < 1.29 is 0 Å². The smallest absolute Gasteiger partial charge is 0.213 e. The van der Waals surface area contributed by atoms with Gasteiger partial charge in [-0.3, -0.25) is 5.10 Å². The maximum absolute atomic E-state index is 4.64. The van der Waals surface area contributed by atoms with Gasteiger partial charge in [-0.15, -0.1) is 0 Å². The lowest BCUT2D eigenvalue weighted by atomic mass is 11.3. The van der Waals surface area contributed by atoms with Crippen molar-refractivity contribution in [2.24, 2.45) is 0 Å². The van der Waals surface area contributed by atoms with Gasteiger partial charge < -0.3 is 0 Å². The van der Waals surface area contributed by atoms with Crippen LogP contribution >= 0.6 is 35.1 Å². The summed E-state index contributed by atoms with van der Waals surface area (Å²) in [5, 5.41) is 2.75. The zero-order valence-corrected chi connectivity index (χ0v) is 6.23. The maximum atomic E-state index is 4.64. The minimum Gasteiger partial charge on any atom is -0.262 e. The molecule has 0 spiro atoms. The fraction of sp³-hybridized carbons (Fsp3) is 0. The van der Waals surface area contributed by atoms with E-state index in [1.165, 1.54) is 0 Å². The molecular formula is C2H2IN3S. The minimum absolute atomic E-state index is 0.523. The molecule has 0 atom stereocenters. The third kappa shape index (κ3) is 1.23. The zero-order valence-electron chi connectivity index (χ0n) is 3.26. The Balaban J connectivity index is 3.30. The van der Waals surface area contributed by atoms with Crippen LogP contribution in [0.4, 0.5) is 0 Å². The molecule has 38 valence electrons. The summed E-state index contributed by atoms with van der Waals surface area (Å²) in [7, 11) is 0. The topological polar surface area (TPSA) is 33.6 Å². The Bertz CT molecular complexity index is 201. The summed E-state index contributed by atoms with van der Waals surface area (Å²) in [6.07, 6.45) is 1.61. The molecule has 0 aliphatic carbocycles. The van der Waals surface area contributed by atoms with Crippen molar-refractivity contribution in [1.82, 2.24) is 13.0 Å². The van der Waals surface area contributed by atoms with Crippen molar-refractivity contribution in [2.45, 2.75) is 0 Å². The van der Waals surface area contributed by atoms with Crippen molar-refractivity contribution in [3.8, 4) is 0 Å². The van der Waals surface area contributed by atoms with Crippen molar-refractivity contribution >= 4 is 35.1 Å². The van der Waals surface area contributed by atoms with Crippen molar-refractivity contribution in [3.05, 3.63) is 11.1 Å². The molecule has 3 nitrogen and oxygen atoms in total. The molecular weight excluding hydrogens is 225 g/mol. The maximum Gasteiger partial charge on any atom is 0.213 e. The second-order valence-electron chi connectivity index (χ2n) is 0.973. The van der Waals surface area contributed by atoms with Gasteiger partial charge in [0.05, 0.1) is 22.9 Å². The molecule has 0 bridgehead atoms. The highest BCUT2D eigenvalue weighted by Gasteiger charge is 1.77. The van der Waals surface area contributed by atoms with Crippen LogP contribution in [0, 0.1) is 4.77 Å². The zero-order chi connectivity index (χ0) is 5.28. The van der Waals surface area contributed by atoms with Gasteiger partial charge in [0.2, 0.25) is 4.77 Å². The Hall–Kier alpha value is 0.0900. The molecule has 7 heavy (non-hydrogen) atoms. The van der Waals surface area contributed by atoms with Crippen LogP contribution in [0.5, 0.6) is 0 Å². The summed E-state index contributed by atoms with van der Waals surface area (Å²) >= 11 is 6.67. The third-order valence-electron chi connectivity index (χ3n) is 0.479. The molecule has 1 heterocycles. The van der Waals surface area contributed by atoms with E-state index in [-0.39, 0.29) is 0 Å². The fourth-order valence-corrected chi connectivity index (χ4v) is 0.914.